The molecule has 1 fully saturated rings. The number of hydrogen-bond acceptors (Lipinski definition) is 4. The second-order valence-corrected chi connectivity index (χ2v) is 7.14. The number of aromatic nitrogens is 2. The Hall–Kier alpha value is -1.85. The Morgan fingerprint density at radius 1 is 1.32 bits per heavy atom. The largest absolute Gasteiger partial charge is 0.496 e. The molecule has 1 N–H and O–H groups in total. The molecule has 1 saturated heterocycles. The second kappa shape index (κ2) is 7.18. The van der Waals surface area contributed by atoms with E-state index in [-0.39, 0.29) is 0 Å². The third-order valence-electron chi connectivity index (χ3n) is 5.68. The summed E-state index contributed by atoms with van der Waals surface area (Å²) >= 11 is 0. The van der Waals surface area contributed by atoms with Gasteiger partial charge in [0.2, 0.25) is 0 Å². The van der Waals surface area contributed by atoms with Gasteiger partial charge in [0, 0.05) is 41.9 Å². The number of benzene rings is 1. The number of para-hydroxylation sites is 1. The highest BCUT2D eigenvalue weighted by molar-refractivity contribution is 5.36. The molecule has 0 saturated carbocycles. The summed E-state index contributed by atoms with van der Waals surface area (Å²) < 4.78 is 11.3. The number of nitrogens with one attached hydrogen (secondary N) is 1. The van der Waals surface area contributed by atoms with E-state index in [9.17, 15) is 0 Å². The monoisotopic (exact) mass is 341 g/mol. The number of methoxy groups -OCH3 is 1. The van der Waals surface area contributed by atoms with Crippen LogP contribution in [-0.4, -0.2) is 34.9 Å². The molecular formula is C20H27N3O2. The van der Waals surface area contributed by atoms with Crippen molar-refractivity contribution in [3.63, 3.8) is 0 Å². The summed E-state index contributed by atoms with van der Waals surface area (Å²) in [5.74, 6) is 0.985. The van der Waals surface area contributed by atoms with Crippen molar-refractivity contribution in [2.45, 2.75) is 57.8 Å². The fraction of sp³-hybridized carbons (Fsp3) is 0.550. The summed E-state index contributed by atoms with van der Waals surface area (Å²) in [4.78, 5) is 2.59. The van der Waals surface area contributed by atoms with Gasteiger partial charge in [0.05, 0.1) is 26.0 Å². The van der Waals surface area contributed by atoms with Gasteiger partial charge < -0.3 is 9.47 Å². The summed E-state index contributed by atoms with van der Waals surface area (Å²) in [5, 5.41) is 7.85. The van der Waals surface area contributed by atoms with Crippen LogP contribution in [0.3, 0.4) is 0 Å². The zero-order valence-electron chi connectivity index (χ0n) is 15.1. The normalized spacial score (nSPS) is 24.1. The molecule has 0 bridgehead atoms. The third kappa shape index (κ3) is 3.18. The number of fused-ring (bicyclic) bond motifs is 1. The average Bonchev–Trinajstić information content (AvgIpc) is 3.06. The maximum Gasteiger partial charge on any atom is 0.123 e. The molecule has 0 unspecified atom stereocenters. The Labute approximate surface area is 149 Å². The molecule has 25 heavy (non-hydrogen) atoms. The standard InChI is InChI=1S/C20H27N3O2/c1-14-6-5-8-19(15-7-3-4-9-20(15)24-2)23(14)12-18-16-13-25-11-10-17(16)21-22-18/h3-4,7,9,14,19H,5-6,8,10-13H2,1-2H3,(H,21,22)/t14-,19-/m1/s1. The van der Waals surface area contributed by atoms with E-state index in [1.165, 1.54) is 29.7 Å². The van der Waals surface area contributed by atoms with Crippen LogP contribution in [0.5, 0.6) is 5.75 Å². The minimum absolute atomic E-state index is 0.372. The molecule has 3 heterocycles. The Morgan fingerprint density at radius 2 is 2.20 bits per heavy atom. The van der Waals surface area contributed by atoms with E-state index in [0.717, 1.165) is 37.4 Å². The fourth-order valence-electron chi connectivity index (χ4n) is 4.26. The average molecular weight is 341 g/mol. The predicted molar refractivity (Wildman–Crippen MR) is 96.5 cm³/mol. The summed E-state index contributed by atoms with van der Waals surface area (Å²) in [7, 11) is 1.76. The van der Waals surface area contributed by atoms with Gasteiger partial charge in [-0.25, -0.2) is 0 Å². The zero-order valence-corrected chi connectivity index (χ0v) is 15.1. The number of likely N-dealkylation sites (tertiary alicyclic amines) is 1. The van der Waals surface area contributed by atoms with Crippen LogP contribution in [0.1, 0.15) is 54.7 Å². The minimum atomic E-state index is 0.372. The molecule has 1 aromatic carbocycles. The van der Waals surface area contributed by atoms with E-state index < -0.39 is 0 Å². The van der Waals surface area contributed by atoms with Gasteiger partial charge in [0.25, 0.3) is 0 Å². The molecule has 2 aliphatic heterocycles. The van der Waals surface area contributed by atoms with Crippen molar-refractivity contribution in [2.75, 3.05) is 13.7 Å². The number of nitrogens with zero attached hydrogens (tertiary/aromatic N) is 2. The van der Waals surface area contributed by atoms with Crippen LogP contribution in [0.25, 0.3) is 0 Å². The van der Waals surface area contributed by atoms with Crippen LogP contribution in [0.15, 0.2) is 24.3 Å². The molecule has 5 nitrogen and oxygen atoms in total. The van der Waals surface area contributed by atoms with Crippen molar-refractivity contribution in [3.8, 4) is 5.75 Å². The highest BCUT2D eigenvalue weighted by Gasteiger charge is 2.32. The Kier molecular flexibility index (Phi) is 4.77. The lowest BCUT2D eigenvalue weighted by molar-refractivity contribution is 0.0778. The van der Waals surface area contributed by atoms with Crippen molar-refractivity contribution in [2.24, 2.45) is 0 Å². The van der Waals surface area contributed by atoms with Gasteiger partial charge in [-0.05, 0) is 25.8 Å². The van der Waals surface area contributed by atoms with Crippen molar-refractivity contribution >= 4 is 0 Å². The molecule has 1 aromatic heterocycles. The summed E-state index contributed by atoms with van der Waals surface area (Å²) in [6.07, 6.45) is 4.58. The van der Waals surface area contributed by atoms with E-state index in [2.05, 4.69) is 40.2 Å². The van der Waals surface area contributed by atoms with Crippen LogP contribution in [0.2, 0.25) is 0 Å². The lowest BCUT2D eigenvalue weighted by Crippen LogP contribution is -2.40. The number of aromatic amines is 1. The van der Waals surface area contributed by atoms with Gasteiger partial charge in [-0.3, -0.25) is 10.00 Å². The topological polar surface area (TPSA) is 50.4 Å². The van der Waals surface area contributed by atoms with Crippen LogP contribution in [0.4, 0.5) is 0 Å². The first kappa shape index (κ1) is 16.6. The molecule has 2 atom stereocenters. The van der Waals surface area contributed by atoms with Crippen LogP contribution < -0.4 is 4.74 Å². The molecule has 134 valence electrons. The SMILES string of the molecule is COc1ccccc1[C@H]1CCC[C@@H](C)N1Cc1n[nH]c2c1COCC2. The molecule has 0 radical (unpaired) electrons. The van der Waals surface area contributed by atoms with E-state index in [4.69, 9.17) is 9.47 Å². The van der Waals surface area contributed by atoms with Gasteiger partial charge in [0.15, 0.2) is 0 Å². The Balaban J connectivity index is 1.64. The second-order valence-electron chi connectivity index (χ2n) is 7.14. The molecule has 2 aromatic rings. The first-order valence-electron chi connectivity index (χ1n) is 9.29. The molecule has 4 rings (SSSR count). The number of rotatable bonds is 4. The predicted octanol–water partition coefficient (Wildman–Crippen LogP) is 3.61. The van der Waals surface area contributed by atoms with Crippen molar-refractivity contribution in [3.05, 3.63) is 46.8 Å². The maximum absolute atomic E-state index is 5.66. The minimum Gasteiger partial charge on any atom is -0.496 e. The molecule has 0 aliphatic carbocycles. The van der Waals surface area contributed by atoms with Gasteiger partial charge in [-0.15, -0.1) is 0 Å². The molecular weight excluding hydrogens is 314 g/mol. The number of hydrogen-bond donors (Lipinski definition) is 1. The highest BCUT2D eigenvalue weighted by atomic mass is 16.5. The van der Waals surface area contributed by atoms with Gasteiger partial charge in [-0.2, -0.15) is 5.10 Å². The first-order chi connectivity index (χ1) is 12.3. The number of H-pyrrole nitrogens is 1. The van der Waals surface area contributed by atoms with E-state index in [0.29, 0.717) is 18.7 Å². The van der Waals surface area contributed by atoms with Crippen LogP contribution in [-0.2, 0) is 24.3 Å². The highest BCUT2D eigenvalue weighted by Crippen LogP contribution is 2.39. The molecule has 0 amide bonds. The van der Waals surface area contributed by atoms with Crippen LogP contribution in [0, 0.1) is 0 Å². The fourth-order valence-corrected chi connectivity index (χ4v) is 4.26. The molecule has 0 spiro atoms. The summed E-state index contributed by atoms with van der Waals surface area (Å²) in [6.45, 7) is 4.66. The Bertz CT molecular complexity index is 727. The third-order valence-corrected chi connectivity index (χ3v) is 5.68. The van der Waals surface area contributed by atoms with Gasteiger partial charge in [-0.1, -0.05) is 24.6 Å². The maximum atomic E-state index is 5.66. The van der Waals surface area contributed by atoms with Gasteiger partial charge in [0.1, 0.15) is 5.75 Å². The number of ether oxygens (including phenoxy) is 2. The molecule has 2 aliphatic rings. The lowest BCUT2D eigenvalue weighted by atomic mass is 9.90. The van der Waals surface area contributed by atoms with Gasteiger partial charge >= 0.3 is 0 Å². The van der Waals surface area contributed by atoms with Crippen molar-refractivity contribution < 1.29 is 9.47 Å². The lowest BCUT2D eigenvalue weighted by Gasteiger charge is -2.41. The Morgan fingerprint density at radius 3 is 3.08 bits per heavy atom. The summed E-state index contributed by atoms with van der Waals surface area (Å²) in [5.41, 5.74) is 4.95. The summed E-state index contributed by atoms with van der Waals surface area (Å²) in [6, 6.07) is 9.33. The van der Waals surface area contributed by atoms with Crippen molar-refractivity contribution in [1.29, 1.82) is 0 Å². The molecule has 5 heteroatoms. The van der Waals surface area contributed by atoms with E-state index in [1.54, 1.807) is 7.11 Å². The van der Waals surface area contributed by atoms with Crippen molar-refractivity contribution in [1.82, 2.24) is 15.1 Å². The quantitative estimate of drug-likeness (QED) is 0.923. The smallest absolute Gasteiger partial charge is 0.123 e. The first-order valence-corrected chi connectivity index (χ1v) is 9.29. The van der Waals surface area contributed by atoms with Crippen LogP contribution >= 0.6 is 0 Å². The van der Waals surface area contributed by atoms with E-state index in [1.807, 2.05) is 6.07 Å². The number of piperidine rings is 1. The van der Waals surface area contributed by atoms with E-state index >= 15 is 0 Å². The zero-order chi connectivity index (χ0) is 17.2.